The number of hydrogen-bond donors (Lipinski definition) is 1. The molecule has 0 spiro atoms. The molecule has 0 saturated carbocycles. The molecule has 0 fully saturated rings. The van der Waals surface area contributed by atoms with Crippen molar-refractivity contribution in [2.75, 3.05) is 164 Å². The third-order valence-corrected chi connectivity index (χ3v) is 8.15. The lowest BCUT2D eigenvalue weighted by Gasteiger charge is -2.09. The van der Waals surface area contributed by atoms with Crippen molar-refractivity contribution in [2.45, 2.75) is 11.4 Å². The molecule has 1 heterocycles. The fourth-order valence-corrected chi connectivity index (χ4v) is 5.30. The normalized spacial score (nSPS) is 11.1. The predicted molar refractivity (Wildman–Crippen MR) is 193 cm³/mol. The van der Waals surface area contributed by atoms with E-state index in [4.69, 9.17) is 57.6 Å². The monoisotopic (exact) mass is 767 g/mol. The molecule has 1 amide bonds. The number of azide groups is 1. The van der Waals surface area contributed by atoms with Crippen molar-refractivity contribution in [2.24, 2.45) is 5.11 Å². The van der Waals surface area contributed by atoms with Gasteiger partial charge in [0, 0.05) is 36.4 Å². The van der Waals surface area contributed by atoms with Crippen molar-refractivity contribution in [3.63, 3.8) is 0 Å². The number of aromatic nitrogens is 1. The van der Waals surface area contributed by atoms with Crippen molar-refractivity contribution in [1.29, 1.82) is 0 Å². The van der Waals surface area contributed by atoms with E-state index in [9.17, 15) is 4.79 Å². The molecule has 0 radical (unpaired) electrons. The summed E-state index contributed by atoms with van der Waals surface area (Å²) in [6.07, 6.45) is 2.21. The molecule has 0 saturated heterocycles. The lowest BCUT2D eigenvalue weighted by molar-refractivity contribution is -0.120. The number of hydrogen-bond acceptors (Lipinski definition) is 16. The van der Waals surface area contributed by atoms with Crippen molar-refractivity contribution in [3.05, 3.63) is 34.8 Å². The third kappa shape index (κ3) is 37.7. The van der Waals surface area contributed by atoms with Crippen LogP contribution in [0.15, 0.2) is 34.5 Å². The minimum Gasteiger partial charge on any atom is -0.379 e. The van der Waals surface area contributed by atoms with E-state index in [-0.39, 0.29) is 5.91 Å². The maximum Gasteiger partial charge on any atom is 0.220 e. The molecule has 1 aromatic rings. The Hall–Kier alpha value is -1.81. The van der Waals surface area contributed by atoms with Crippen LogP contribution < -0.4 is 5.32 Å². The lowest BCUT2D eigenvalue weighted by Crippen LogP contribution is -2.27. The Labute approximate surface area is 309 Å². The van der Waals surface area contributed by atoms with Gasteiger partial charge in [-0.2, -0.15) is 0 Å². The first-order valence-electron chi connectivity index (χ1n) is 17.2. The first-order valence-corrected chi connectivity index (χ1v) is 19.5. The van der Waals surface area contributed by atoms with Crippen LogP contribution in [-0.4, -0.2) is 175 Å². The second-order valence-corrected chi connectivity index (χ2v) is 12.3. The Balaban J connectivity index is 1.63. The fraction of sp³-hybridized carbons (Fsp3) is 0.812. The zero-order chi connectivity index (χ0) is 36.4. The van der Waals surface area contributed by atoms with Gasteiger partial charge in [0.05, 0.1) is 145 Å². The van der Waals surface area contributed by atoms with Crippen LogP contribution in [0.3, 0.4) is 0 Å². The molecule has 19 heteroatoms. The average molecular weight is 768 g/mol. The summed E-state index contributed by atoms with van der Waals surface area (Å²) in [5.41, 5.74) is 8.14. The molecule has 0 aliphatic rings. The number of amides is 1. The first kappa shape index (κ1) is 47.2. The molecule has 0 unspecified atom stereocenters. The minimum absolute atomic E-state index is 0.0138. The molecular formula is C32H57N5O12S2. The number of nitrogens with zero attached hydrogens (tertiary/aromatic N) is 4. The molecule has 17 nitrogen and oxygen atoms in total. The Kier molecular flexibility index (Phi) is 37.9. The lowest BCUT2D eigenvalue weighted by atomic mass is 10.4. The highest BCUT2D eigenvalue weighted by atomic mass is 33.1. The highest BCUT2D eigenvalue weighted by Gasteiger charge is 2.02. The van der Waals surface area contributed by atoms with Gasteiger partial charge in [-0.25, -0.2) is 4.98 Å². The summed E-state index contributed by atoms with van der Waals surface area (Å²) in [5.74, 6) is 0.735. The van der Waals surface area contributed by atoms with Crippen LogP contribution >= 0.6 is 21.6 Å². The summed E-state index contributed by atoms with van der Waals surface area (Å²) >= 11 is 0. The van der Waals surface area contributed by atoms with Gasteiger partial charge in [-0.1, -0.05) is 22.0 Å². The summed E-state index contributed by atoms with van der Waals surface area (Å²) in [4.78, 5) is 18.7. The van der Waals surface area contributed by atoms with Crippen molar-refractivity contribution in [3.8, 4) is 0 Å². The van der Waals surface area contributed by atoms with Crippen molar-refractivity contribution in [1.82, 2.24) is 10.3 Å². The Bertz CT molecular complexity index is 930. The van der Waals surface area contributed by atoms with E-state index < -0.39 is 0 Å². The maximum absolute atomic E-state index is 11.9. The minimum atomic E-state index is 0.0138. The van der Waals surface area contributed by atoms with Gasteiger partial charge in [0.2, 0.25) is 5.91 Å². The second kappa shape index (κ2) is 41.0. The molecule has 51 heavy (non-hydrogen) atoms. The second-order valence-electron chi connectivity index (χ2n) is 9.86. The number of nitrogens with one attached hydrogen (secondary N) is 1. The van der Waals surface area contributed by atoms with Crippen LogP contribution in [0.25, 0.3) is 10.4 Å². The number of carbonyl (C=O) groups excluding carboxylic acids is 1. The van der Waals surface area contributed by atoms with E-state index in [1.807, 2.05) is 18.2 Å². The molecule has 0 bridgehead atoms. The number of carbonyl (C=O) groups is 1. The van der Waals surface area contributed by atoms with E-state index in [0.717, 1.165) is 10.8 Å². The van der Waals surface area contributed by atoms with Crippen LogP contribution in [0.5, 0.6) is 0 Å². The number of rotatable bonds is 41. The van der Waals surface area contributed by atoms with Crippen molar-refractivity contribution >= 4 is 27.5 Å². The standard InChI is InChI=1S/C32H57N5O12S2/c33-37-36-7-9-40-11-13-42-15-17-44-19-21-46-23-25-48-27-29-49-28-26-47-24-22-45-20-18-43-16-14-41-12-10-39-8-6-34-31(38)4-30-50-51-32-3-1-2-5-35-32/h1-3,5H,4,6-30H2,(H,34,38). The van der Waals surface area contributed by atoms with Gasteiger partial charge in [-0.3, -0.25) is 4.79 Å². The topological polar surface area (TPSA) is 192 Å². The molecule has 1 rings (SSSR count). The first-order chi connectivity index (χ1) is 25.3. The van der Waals surface area contributed by atoms with Gasteiger partial charge in [0.1, 0.15) is 5.03 Å². The summed E-state index contributed by atoms with van der Waals surface area (Å²) in [6.45, 7) is 11.3. The molecule has 0 atom stereocenters. The van der Waals surface area contributed by atoms with Gasteiger partial charge in [-0.05, 0) is 28.5 Å². The summed E-state index contributed by atoms with van der Waals surface area (Å²) in [5, 5.41) is 7.16. The average Bonchev–Trinajstić information content (AvgIpc) is 3.15. The quantitative estimate of drug-likeness (QED) is 0.0336. The summed E-state index contributed by atoms with van der Waals surface area (Å²) < 4.78 is 59.8. The van der Waals surface area contributed by atoms with Gasteiger partial charge < -0.3 is 57.4 Å². The van der Waals surface area contributed by atoms with Crippen LogP contribution in [0.1, 0.15) is 6.42 Å². The third-order valence-electron chi connectivity index (χ3n) is 5.88. The van der Waals surface area contributed by atoms with Gasteiger partial charge in [0.25, 0.3) is 0 Å². The predicted octanol–water partition coefficient (Wildman–Crippen LogP) is 2.82. The van der Waals surface area contributed by atoms with Crippen LogP contribution in [0.2, 0.25) is 0 Å². The summed E-state index contributed by atoms with van der Waals surface area (Å²) in [6, 6.07) is 5.77. The van der Waals surface area contributed by atoms with Crippen LogP contribution in [-0.2, 0) is 56.9 Å². The fourth-order valence-electron chi connectivity index (χ4n) is 3.44. The largest absolute Gasteiger partial charge is 0.379 e. The Morgan fingerprint density at radius 3 is 1.37 bits per heavy atom. The van der Waals surface area contributed by atoms with E-state index in [1.165, 1.54) is 0 Å². The highest BCUT2D eigenvalue weighted by Crippen LogP contribution is 2.29. The number of pyridine rings is 1. The van der Waals surface area contributed by atoms with E-state index >= 15 is 0 Å². The Morgan fingerprint density at radius 2 is 1.00 bits per heavy atom. The molecular weight excluding hydrogens is 711 g/mol. The number of ether oxygens (including phenoxy) is 11. The summed E-state index contributed by atoms with van der Waals surface area (Å²) in [7, 11) is 3.18. The van der Waals surface area contributed by atoms with E-state index in [2.05, 4.69) is 20.3 Å². The van der Waals surface area contributed by atoms with Crippen LogP contribution in [0.4, 0.5) is 0 Å². The highest BCUT2D eigenvalue weighted by molar-refractivity contribution is 8.76. The maximum atomic E-state index is 11.9. The van der Waals surface area contributed by atoms with Crippen molar-refractivity contribution < 1.29 is 56.9 Å². The zero-order valence-electron chi connectivity index (χ0n) is 29.7. The zero-order valence-corrected chi connectivity index (χ0v) is 31.3. The molecule has 1 N–H and O–H groups in total. The molecule has 294 valence electrons. The molecule has 1 aromatic heterocycles. The van der Waals surface area contributed by atoms with E-state index in [1.54, 1.807) is 27.8 Å². The van der Waals surface area contributed by atoms with E-state index in [0.29, 0.717) is 165 Å². The smallest absolute Gasteiger partial charge is 0.220 e. The molecule has 0 aromatic carbocycles. The van der Waals surface area contributed by atoms with Crippen LogP contribution in [0, 0.1) is 0 Å². The molecule has 0 aliphatic carbocycles. The Morgan fingerprint density at radius 1 is 0.608 bits per heavy atom. The molecule has 0 aliphatic heterocycles. The SMILES string of the molecule is [N-]=[N+]=NCCOCCOCCOCCOCCOCCOCCOCCOCCOCCOCCOCCNC(=O)CCSSc1ccccn1. The van der Waals surface area contributed by atoms with Gasteiger partial charge in [-0.15, -0.1) is 0 Å². The van der Waals surface area contributed by atoms with Gasteiger partial charge >= 0.3 is 0 Å². The van der Waals surface area contributed by atoms with Gasteiger partial charge in [0.15, 0.2) is 0 Å².